The number of ether oxygens (including phenoxy) is 1. The van der Waals surface area contributed by atoms with Crippen molar-refractivity contribution in [1.82, 2.24) is 10.2 Å². The Morgan fingerprint density at radius 1 is 1.08 bits per heavy atom. The highest BCUT2D eigenvalue weighted by molar-refractivity contribution is 6.72. The molecule has 4 aliphatic rings. The fraction of sp³-hybridized carbons (Fsp3) is 0.462. The van der Waals surface area contributed by atoms with Gasteiger partial charge in [-0.05, 0) is 73.8 Å². The van der Waals surface area contributed by atoms with Crippen molar-refractivity contribution >= 4 is 37.5 Å². The number of piperidine rings is 1. The maximum atomic E-state index is 16.4. The molecule has 4 aliphatic heterocycles. The van der Waals surface area contributed by atoms with Crippen molar-refractivity contribution in [1.29, 1.82) is 0 Å². The van der Waals surface area contributed by atoms with E-state index in [1.807, 2.05) is 79.7 Å². The molecule has 6 atom stereocenters. The largest absolute Gasteiger partial charge is 0.394 e. The molecular weight excluding hydrogens is 652 g/mol. The molecular formula is C39H47FN4O5Si. The molecule has 7 rings (SSSR count). The Bertz CT molecular complexity index is 1780. The van der Waals surface area contributed by atoms with E-state index in [0.29, 0.717) is 36.4 Å². The molecule has 4 heterocycles. The molecule has 0 aromatic heterocycles. The van der Waals surface area contributed by atoms with Gasteiger partial charge in [0, 0.05) is 35.8 Å². The first kappa shape index (κ1) is 34.5. The van der Waals surface area contributed by atoms with Gasteiger partial charge in [-0.1, -0.05) is 61.5 Å². The zero-order valence-electron chi connectivity index (χ0n) is 29.0. The number of hydrogen-bond donors (Lipinski definition) is 3. The number of para-hydroxylation sites is 1. The lowest BCUT2D eigenvalue weighted by Crippen LogP contribution is -2.48. The van der Waals surface area contributed by atoms with Gasteiger partial charge in [0.25, 0.3) is 5.91 Å². The highest BCUT2D eigenvalue weighted by atomic mass is 28.4. The number of carbonyl (C=O) groups is 3. The van der Waals surface area contributed by atoms with Crippen LogP contribution in [0.2, 0.25) is 18.6 Å². The fourth-order valence-electron chi connectivity index (χ4n) is 8.94. The Morgan fingerprint density at radius 2 is 1.84 bits per heavy atom. The van der Waals surface area contributed by atoms with Crippen LogP contribution < -0.4 is 15.5 Å². The first-order valence-electron chi connectivity index (χ1n) is 17.9. The van der Waals surface area contributed by atoms with E-state index in [4.69, 9.17) is 4.74 Å². The second kappa shape index (κ2) is 13.7. The average Bonchev–Trinajstić information content (AvgIpc) is 3.54. The first-order valence-corrected chi connectivity index (χ1v) is 20.8. The Labute approximate surface area is 294 Å². The number of nitrogens with one attached hydrogen (secondary N) is 2. The summed E-state index contributed by atoms with van der Waals surface area (Å²) in [5.41, 5.74) is 2.95. The SMILES string of the molecule is C[C@H]1[C@H]([Si](C)(C)F)[C@@H](CC(=O)N2Cc3ccccc3C[C@H]2CO)O[C@]12C(=O)N(Cc1cccc(NC(=O)C3CCCNC3)c1)c1ccccc12. The fourth-order valence-corrected chi connectivity index (χ4v) is 11.4. The van der Waals surface area contributed by atoms with E-state index in [9.17, 15) is 19.5 Å². The minimum atomic E-state index is -3.49. The zero-order chi connectivity index (χ0) is 35.2. The maximum absolute atomic E-state index is 16.4. The molecule has 2 saturated heterocycles. The third kappa shape index (κ3) is 6.18. The van der Waals surface area contributed by atoms with Crippen molar-refractivity contribution in [2.45, 2.75) is 82.1 Å². The highest BCUT2D eigenvalue weighted by Crippen LogP contribution is 2.60. The Morgan fingerprint density at radius 3 is 2.58 bits per heavy atom. The van der Waals surface area contributed by atoms with Crippen molar-refractivity contribution in [2.75, 3.05) is 29.9 Å². The molecule has 264 valence electrons. The molecule has 3 aromatic carbocycles. The van der Waals surface area contributed by atoms with Gasteiger partial charge in [-0.25, -0.2) is 0 Å². The molecule has 0 radical (unpaired) electrons. The summed E-state index contributed by atoms with van der Waals surface area (Å²) in [6.45, 7) is 7.16. The van der Waals surface area contributed by atoms with Crippen molar-refractivity contribution < 1.29 is 28.3 Å². The number of halogens is 1. The lowest BCUT2D eigenvalue weighted by Gasteiger charge is -2.37. The second-order valence-corrected chi connectivity index (χ2v) is 18.7. The quantitative estimate of drug-likeness (QED) is 0.218. The Kier molecular flexibility index (Phi) is 9.44. The summed E-state index contributed by atoms with van der Waals surface area (Å²) in [6, 6.07) is 22.6. The molecule has 50 heavy (non-hydrogen) atoms. The number of anilines is 2. The monoisotopic (exact) mass is 698 g/mol. The summed E-state index contributed by atoms with van der Waals surface area (Å²) in [5.74, 6) is -1.12. The topological polar surface area (TPSA) is 111 Å². The van der Waals surface area contributed by atoms with Gasteiger partial charge < -0.3 is 34.4 Å². The third-order valence-electron chi connectivity index (χ3n) is 11.3. The van der Waals surface area contributed by atoms with Gasteiger partial charge in [-0.15, -0.1) is 0 Å². The van der Waals surface area contributed by atoms with Crippen LogP contribution in [0.1, 0.15) is 48.4 Å². The van der Waals surface area contributed by atoms with Crippen LogP contribution in [-0.2, 0) is 44.2 Å². The van der Waals surface area contributed by atoms with Crippen LogP contribution in [0.25, 0.3) is 0 Å². The summed E-state index contributed by atoms with van der Waals surface area (Å²) in [4.78, 5) is 45.2. The van der Waals surface area contributed by atoms with Crippen LogP contribution in [-0.4, -0.2) is 68.0 Å². The van der Waals surface area contributed by atoms with Gasteiger partial charge >= 0.3 is 0 Å². The molecule has 1 unspecified atom stereocenters. The van der Waals surface area contributed by atoms with Gasteiger partial charge in [-0.3, -0.25) is 14.4 Å². The minimum Gasteiger partial charge on any atom is -0.394 e. The Balaban J connectivity index is 1.15. The number of aliphatic hydroxyl groups excluding tert-OH is 1. The standard InChI is InChI=1S/C39H47FN4O5Si/c1-25-36(50(2,3)40)34(20-35(46)43-23-29-12-5-4-11-27(29)19-31(43)24-45)49-39(25)32-15-6-7-16-33(32)44(38(39)48)22-26-10-8-14-30(18-26)42-37(47)28-13-9-17-41-21-28/h4-8,10-12,14-16,18,25,28,31,34,36,41,45H,9,13,17,19-24H2,1-3H3,(H,42,47)/t25-,28?,31-,34+,36-,39+/m0/s1. The lowest BCUT2D eigenvalue weighted by molar-refractivity contribution is -0.151. The number of aliphatic hydroxyl groups is 1. The van der Waals surface area contributed by atoms with Crippen LogP contribution in [0.15, 0.2) is 72.8 Å². The average molecular weight is 699 g/mol. The summed E-state index contributed by atoms with van der Waals surface area (Å²) in [7, 11) is -3.49. The highest BCUT2D eigenvalue weighted by Gasteiger charge is 2.67. The van der Waals surface area contributed by atoms with E-state index in [1.54, 1.807) is 22.9 Å². The van der Waals surface area contributed by atoms with Crippen molar-refractivity contribution in [3.63, 3.8) is 0 Å². The molecule has 2 fully saturated rings. The minimum absolute atomic E-state index is 0.0206. The number of carbonyl (C=O) groups excluding carboxylic acids is 3. The van der Waals surface area contributed by atoms with E-state index in [-0.39, 0.29) is 49.3 Å². The normalized spacial score (nSPS) is 27.7. The summed E-state index contributed by atoms with van der Waals surface area (Å²) >= 11 is 0. The third-order valence-corrected chi connectivity index (χ3v) is 13.8. The predicted molar refractivity (Wildman–Crippen MR) is 193 cm³/mol. The van der Waals surface area contributed by atoms with E-state index in [2.05, 4.69) is 10.6 Å². The van der Waals surface area contributed by atoms with Crippen LogP contribution >= 0.6 is 0 Å². The summed E-state index contributed by atoms with van der Waals surface area (Å²) < 4.78 is 23.3. The number of rotatable bonds is 8. The first-order chi connectivity index (χ1) is 24.0. The van der Waals surface area contributed by atoms with Gasteiger partial charge in [0.2, 0.25) is 20.2 Å². The molecule has 0 saturated carbocycles. The summed E-state index contributed by atoms with van der Waals surface area (Å²) in [5, 5.41) is 16.6. The number of fused-ring (bicyclic) bond motifs is 3. The van der Waals surface area contributed by atoms with Crippen molar-refractivity contribution in [3.8, 4) is 0 Å². The van der Waals surface area contributed by atoms with Gasteiger partial charge in [-0.2, -0.15) is 0 Å². The van der Waals surface area contributed by atoms with Crippen LogP contribution in [0.3, 0.4) is 0 Å². The van der Waals surface area contributed by atoms with Gasteiger partial charge in [0.15, 0.2) is 5.60 Å². The van der Waals surface area contributed by atoms with E-state index in [0.717, 1.165) is 36.1 Å². The molecule has 3 aromatic rings. The smallest absolute Gasteiger partial charge is 0.264 e. The molecule has 3 N–H and O–H groups in total. The Hall–Kier alpha value is -3.90. The van der Waals surface area contributed by atoms with Crippen molar-refractivity contribution in [2.24, 2.45) is 11.8 Å². The van der Waals surface area contributed by atoms with Crippen LogP contribution in [0, 0.1) is 11.8 Å². The predicted octanol–water partition coefficient (Wildman–Crippen LogP) is 5.28. The molecule has 1 spiro atoms. The van der Waals surface area contributed by atoms with E-state index >= 15 is 4.11 Å². The number of benzene rings is 3. The van der Waals surface area contributed by atoms with Crippen LogP contribution in [0.4, 0.5) is 15.5 Å². The van der Waals surface area contributed by atoms with Gasteiger partial charge in [0.05, 0.1) is 43.3 Å². The van der Waals surface area contributed by atoms with Gasteiger partial charge in [0.1, 0.15) is 0 Å². The number of nitrogens with zero attached hydrogens (tertiary/aromatic N) is 2. The second-order valence-electron chi connectivity index (χ2n) is 14.9. The molecule has 9 nitrogen and oxygen atoms in total. The number of amides is 3. The zero-order valence-corrected chi connectivity index (χ0v) is 30.0. The molecule has 11 heteroatoms. The lowest BCUT2D eigenvalue weighted by atomic mass is 9.82. The van der Waals surface area contributed by atoms with Crippen LogP contribution in [0.5, 0.6) is 0 Å². The number of hydrogen-bond acceptors (Lipinski definition) is 6. The summed E-state index contributed by atoms with van der Waals surface area (Å²) in [6.07, 6.45) is 1.46. The maximum Gasteiger partial charge on any atom is 0.264 e. The van der Waals surface area contributed by atoms with Crippen molar-refractivity contribution in [3.05, 3.63) is 95.1 Å². The van der Waals surface area contributed by atoms with E-state index < -0.39 is 31.6 Å². The molecule has 0 bridgehead atoms. The van der Waals surface area contributed by atoms with E-state index in [1.165, 1.54) is 0 Å². The molecule has 0 aliphatic carbocycles. The molecule has 3 amide bonds.